The zero-order valence-corrected chi connectivity index (χ0v) is 10.9. The molecule has 0 aromatic rings. The van der Waals surface area contributed by atoms with E-state index in [9.17, 15) is 0 Å². The molecule has 1 saturated carbocycles. The monoisotopic (exact) mass is 222 g/mol. The summed E-state index contributed by atoms with van der Waals surface area (Å²) in [5, 5.41) is 0. The third kappa shape index (κ3) is 2.14. The van der Waals surface area contributed by atoms with Crippen molar-refractivity contribution in [3.8, 4) is 0 Å². The first-order valence-electron chi connectivity index (χ1n) is 7.24. The molecule has 16 heavy (non-hydrogen) atoms. The van der Waals surface area contributed by atoms with E-state index in [4.69, 9.17) is 0 Å². The van der Waals surface area contributed by atoms with Crippen LogP contribution in [0.15, 0.2) is 0 Å². The zero-order chi connectivity index (χ0) is 11.1. The number of rotatable bonds is 3. The van der Waals surface area contributed by atoms with E-state index < -0.39 is 0 Å². The minimum atomic E-state index is 0.781. The predicted molar refractivity (Wildman–Crippen MR) is 67.6 cm³/mol. The second kappa shape index (κ2) is 4.30. The topological polar surface area (TPSA) is 6.48 Å². The lowest BCUT2D eigenvalue weighted by Gasteiger charge is -2.45. The van der Waals surface area contributed by atoms with Crippen molar-refractivity contribution < 1.29 is 0 Å². The van der Waals surface area contributed by atoms with Crippen molar-refractivity contribution in [3.63, 3.8) is 0 Å². The van der Waals surface area contributed by atoms with Crippen molar-refractivity contribution in [3.05, 3.63) is 0 Å². The predicted octanol–water partition coefficient (Wildman–Crippen LogP) is 2.34. The highest BCUT2D eigenvalue weighted by Crippen LogP contribution is 2.36. The molecule has 3 fully saturated rings. The normalized spacial score (nSPS) is 38.6. The standard InChI is InChI=1S/C14H26N2/c1-11(8-13-5-6-13)16-10-14-4-3-7-15(14)9-12(16)2/h11-14H,3-10H2,1-2H3. The van der Waals surface area contributed by atoms with Gasteiger partial charge in [0.15, 0.2) is 0 Å². The highest BCUT2D eigenvalue weighted by atomic mass is 15.3. The Morgan fingerprint density at radius 2 is 2.00 bits per heavy atom. The molecule has 3 aliphatic rings. The average Bonchev–Trinajstić information content (AvgIpc) is 2.94. The fourth-order valence-electron chi connectivity index (χ4n) is 3.80. The first-order chi connectivity index (χ1) is 7.74. The van der Waals surface area contributed by atoms with Crippen LogP contribution in [0.2, 0.25) is 0 Å². The first kappa shape index (κ1) is 11.0. The fourth-order valence-corrected chi connectivity index (χ4v) is 3.80. The number of hydrogen-bond donors (Lipinski definition) is 0. The van der Waals surface area contributed by atoms with E-state index in [1.54, 1.807) is 0 Å². The van der Waals surface area contributed by atoms with E-state index in [2.05, 4.69) is 23.6 Å². The van der Waals surface area contributed by atoms with Gasteiger partial charge >= 0.3 is 0 Å². The summed E-state index contributed by atoms with van der Waals surface area (Å²) in [7, 11) is 0. The quantitative estimate of drug-likeness (QED) is 0.723. The Kier molecular flexibility index (Phi) is 2.97. The number of fused-ring (bicyclic) bond motifs is 1. The average molecular weight is 222 g/mol. The van der Waals surface area contributed by atoms with Crippen LogP contribution in [-0.4, -0.2) is 47.6 Å². The van der Waals surface area contributed by atoms with Gasteiger partial charge in [-0.05, 0) is 45.6 Å². The summed E-state index contributed by atoms with van der Waals surface area (Å²) in [6, 6.07) is 2.49. The Hall–Kier alpha value is -0.0800. The summed E-state index contributed by atoms with van der Waals surface area (Å²) in [6.45, 7) is 8.91. The van der Waals surface area contributed by atoms with E-state index in [-0.39, 0.29) is 0 Å². The van der Waals surface area contributed by atoms with Crippen LogP contribution >= 0.6 is 0 Å². The lowest BCUT2D eigenvalue weighted by Crippen LogP contribution is -2.57. The smallest absolute Gasteiger partial charge is 0.0224 e. The molecule has 2 heteroatoms. The lowest BCUT2D eigenvalue weighted by atomic mass is 10.0. The molecule has 0 spiro atoms. The molecule has 0 bridgehead atoms. The second-order valence-corrected chi connectivity index (χ2v) is 6.36. The van der Waals surface area contributed by atoms with E-state index in [0.717, 1.165) is 24.0 Å². The van der Waals surface area contributed by atoms with Crippen LogP contribution in [0.5, 0.6) is 0 Å². The van der Waals surface area contributed by atoms with Crippen molar-refractivity contribution in [2.75, 3.05) is 19.6 Å². The van der Waals surface area contributed by atoms with E-state index in [1.807, 2.05) is 0 Å². The zero-order valence-electron chi connectivity index (χ0n) is 10.9. The van der Waals surface area contributed by atoms with Gasteiger partial charge in [-0.2, -0.15) is 0 Å². The van der Waals surface area contributed by atoms with Gasteiger partial charge in [0.2, 0.25) is 0 Å². The molecule has 1 aliphatic carbocycles. The van der Waals surface area contributed by atoms with Crippen LogP contribution in [0.1, 0.15) is 46.0 Å². The molecule has 0 amide bonds. The molecule has 2 nitrogen and oxygen atoms in total. The van der Waals surface area contributed by atoms with Gasteiger partial charge in [-0.1, -0.05) is 12.8 Å². The van der Waals surface area contributed by atoms with Crippen molar-refractivity contribution in [1.82, 2.24) is 9.80 Å². The van der Waals surface area contributed by atoms with Crippen LogP contribution in [0.25, 0.3) is 0 Å². The Balaban J connectivity index is 1.60. The van der Waals surface area contributed by atoms with E-state index >= 15 is 0 Å². The van der Waals surface area contributed by atoms with Gasteiger partial charge in [0.25, 0.3) is 0 Å². The van der Waals surface area contributed by atoms with E-state index in [1.165, 1.54) is 51.7 Å². The number of piperazine rings is 1. The van der Waals surface area contributed by atoms with Gasteiger partial charge in [0, 0.05) is 31.2 Å². The molecule has 0 aromatic heterocycles. The maximum Gasteiger partial charge on any atom is 0.0224 e. The summed E-state index contributed by atoms with van der Waals surface area (Å²) in [5.74, 6) is 1.07. The van der Waals surface area contributed by atoms with Gasteiger partial charge in [-0.3, -0.25) is 9.80 Å². The lowest BCUT2D eigenvalue weighted by molar-refractivity contribution is 0.0291. The third-order valence-corrected chi connectivity index (χ3v) is 4.92. The van der Waals surface area contributed by atoms with Gasteiger partial charge in [0.05, 0.1) is 0 Å². The highest BCUT2D eigenvalue weighted by Gasteiger charge is 2.37. The third-order valence-electron chi connectivity index (χ3n) is 4.92. The van der Waals surface area contributed by atoms with Crippen molar-refractivity contribution in [1.29, 1.82) is 0 Å². The molecule has 3 unspecified atom stereocenters. The molecular formula is C14H26N2. The summed E-state index contributed by atoms with van der Waals surface area (Å²) >= 11 is 0. The van der Waals surface area contributed by atoms with Crippen molar-refractivity contribution in [2.24, 2.45) is 5.92 Å². The molecule has 3 atom stereocenters. The Labute approximate surface area is 100.0 Å². The minimum Gasteiger partial charge on any atom is -0.298 e. The van der Waals surface area contributed by atoms with Gasteiger partial charge < -0.3 is 0 Å². The molecule has 3 rings (SSSR count). The van der Waals surface area contributed by atoms with Crippen molar-refractivity contribution in [2.45, 2.75) is 64.1 Å². The van der Waals surface area contributed by atoms with Crippen molar-refractivity contribution >= 4 is 0 Å². The largest absolute Gasteiger partial charge is 0.298 e. The summed E-state index contributed by atoms with van der Waals surface area (Å²) in [5.41, 5.74) is 0. The molecular weight excluding hydrogens is 196 g/mol. The summed E-state index contributed by atoms with van der Waals surface area (Å²) in [6.07, 6.45) is 7.34. The number of hydrogen-bond acceptors (Lipinski definition) is 2. The molecule has 2 aliphatic heterocycles. The number of nitrogens with zero attached hydrogens (tertiary/aromatic N) is 2. The van der Waals surface area contributed by atoms with Crippen LogP contribution in [0, 0.1) is 5.92 Å². The Bertz CT molecular complexity index is 249. The summed E-state index contributed by atoms with van der Waals surface area (Å²) in [4.78, 5) is 5.52. The maximum atomic E-state index is 2.80. The first-order valence-corrected chi connectivity index (χ1v) is 7.24. The fraction of sp³-hybridized carbons (Fsp3) is 1.00. The molecule has 2 saturated heterocycles. The van der Waals surface area contributed by atoms with Crippen LogP contribution in [0.3, 0.4) is 0 Å². The molecule has 2 heterocycles. The molecule has 0 aromatic carbocycles. The molecule has 0 radical (unpaired) electrons. The van der Waals surface area contributed by atoms with Crippen LogP contribution < -0.4 is 0 Å². The Morgan fingerprint density at radius 1 is 1.19 bits per heavy atom. The Morgan fingerprint density at radius 3 is 2.75 bits per heavy atom. The molecule has 0 N–H and O–H groups in total. The van der Waals surface area contributed by atoms with Crippen LogP contribution in [0.4, 0.5) is 0 Å². The van der Waals surface area contributed by atoms with E-state index in [0.29, 0.717) is 0 Å². The van der Waals surface area contributed by atoms with Crippen LogP contribution in [-0.2, 0) is 0 Å². The van der Waals surface area contributed by atoms with Gasteiger partial charge in [-0.15, -0.1) is 0 Å². The minimum absolute atomic E-state index is 0.781. The van der Waals surface area contributed by atoms with Gasteiger partial charge in [0.1, 0.15) is 0 Å². The van der Waals surface area contributed by atoms with Gasteiger partial charge in [-0.25, -0.2) is 0 Å². The summed E-state index contributed by atoms with van der Waals surface area (Å²) < 4.78 is 0. The highest BCUT2D eigenvalue weighted by molar-refractivity contribution is 4.93. The molecule has 92 valence electrons. The second-order valence-electron chi connectivity index (χ2n) is 6.36. The maximum absolute atomic E-state index is 2.80. The SMILES string of the molecule is CC(CC1CC1)N1CC2CCCN2CC1C.